The molecule has 3 aliphatic heterocycles. The minimum Gasteiger partial charge on any atom is -0.478 e. The highest BCUT2D eigenvalue weighted by molar-refractivity contribution is 5.94. The second-order valence-electron chi connectivity index (χ2n) is 15.1. The number of carboxylic acid groups (broad SMARTS) is 1. The van der Waals surface area contributed by atoms with Crippen LogP contribution in [-0.2, 0) is 19.3 Å². The molecular weight excluding hydrogens is 618 g/mol. The number of anilines is 1. The van der Waals surface area contributed by atoms with Crippen molar-refractivity contribution < 1.29 is 32.2 Å². The zero-order valence-corrected chi connectivity index (χ0v) is 28.0. The van der Waals surface area contributed by atoms with E-state index in [1.165, 1.54) is 5.57 Å². The second kappa shape index (κ2) is 10.1. The van der Waals surface area contributed by atoms with Crippen LogP contribution < -0.4 is 20.1 Å². The molecule has 2 aliphatic carbocycles. The Morgan fingerprint density at radius 1 is 0.833 bits per heavy atom. The topological polar surface area (TPSA) is 49.8 Å². The predicted octanol–water partition coefficient (Wildman–Crippen LogP) is 8.37. The molecule has 8 heteroatoms. The van der Waals surface area contributed by atoms with Crippen molar-refractivity contribution in [3.05, 3.63) is 96.9 Å². The number of hydrogen-bond donors (Lipinski definition) is 1. The number of allylic oxidation sites excluding steroid dienone is 3. The first-order chi connectivity index (χ1) is 22.6. The number of rotatable bonds is 3. The fourth-order valence-corrected chi connectivity index (χ4v) is 9.23. The Bertz CT molecular complexity index is 2240. The van der Waals surface area contributed by atoms with Crippen molar-refractivity contribution in [1.29, 1.82) is 0 Å². The molecule has 0 spiro atoms. The van der Waals surface area contributed by atoms with Crippen LogP contribution in [0.5, 0.6) is 11.5 Å². The molecule has 48 heavy (non-hydrogen) atoms. The number of aromatic carboxylic acids is 1. The Morgan fingerprint density at radius 2 is 1.52 bits per heavy atom. The van der Waals surface area contributed by atoms with E-state index in [1.807, 2.05) is 19.1 Å². The van der Waals surface area contributed by atoms with Gasteiger partial charge in [-0.3, -0.25) is 0 Å². The zero-order valence-electron chi connectivity index (χ0n) is 28.0. The molecule has 248 valence electrons. The fraction of sp³-hybridized carbons (Fsp3) is 0.375. The Kier molecular flexibility index (Phi) is 6.51. The van der Waals surface area contributed by atoms with E-state index < -0.39 is 46.8 Å². The molecule has 0 aromatic heterocycles. The summed E-state index contributed by atoms with van der Waals surface area (Å²) < 4.78 is 67.1. The van der Waals surface area contributed by atoms with Crippen molar-refractivity contribution in [2.75, 3.05) is 11.4 Å². The summed E-state index contributed by atoms with van der Waals surface area (Å²) in [7, 11) is 0. The van der Waals surface area contributed by atoms with Crippen LogP contribution in [0.15, 0.2) is 24.3 Å². The molecule has 5 aliphatic rings. The first kappa shape index (κ1) is 31.0. The second-order valence-corrected chi connectivity index (χ2v) is 15.1. The predicted molar refractivity (Wildman–Crippen MR) is 179 cm³/mol. The van der Waals surface area contributed by atoms with Crippen LogP contribution in [0.1, 0.15) is 105 Å². The van der Waals surface area contributed by atoms with Gasteiger partial charge in [-0.1, -0.05) is 31.6 Å². The van der Waals surface area contributed by atoms with Gasteiger partial charge in [0.05, 0.1) is 11.2 Å². The molecule has 0 bridgehead atoms. The molecule has 8 rings (SSSR count). The molecule has 1 N–H and O–H groups in total. The van der Waals surface area contributed by atoms with Gasteiger partial charge >= 0.3 is 5.97 Å². The molecule has 0 amide bonds. The van der Waals surface area contributed by atoms with E-state index in [0.29, 0.717) is 27.9 Å². The van der Waals surface area contributed by atoms with E-state index in [9.17, 15) is 18.7 Å². The molecule has 0 radical (unpaired) electrons. The molecule has 0 atom stereocenters. The third-order valence-corrected chi connectivity index (χ3v) is 11.2. The van der Waals surface area contributed by atoms with Gasteiger partial charge in [0.1, 0.15) is 17.1 Å². The van der Waals surface area contributed by atoms with Crippen LogP contribution in [0.25, 0.3) is 22.3 Å². The Labute approximate surface area is 276 Å². The molecular formula is C40H37F4NO3. The van der Waals surface area contributed by atoms with E-state index in [-0.39, 0.29) is 11.0 Å². The highest BCUT2D eigenvalue weighted by Crippen LogP contribution is 2.52. The summed E-state index contributed by atoms with van der Waals surface area (Å²) in [6, 6.07) is 4.01. The summed E-state index contributed by atoms with van der Waals surface area (Å²) >= 11 is 0. The maximum Gasteiger partial charge on any atom is 0.339 e. The third kappa shape index (κ3) is 4.10. The largest absolute Gasteiger partial charge is 0.478 e. The highest BCUT2D eigenvalue weighted by atomic mass is 19.2. The van der Waals surface area contributed by atoms with Gasteiger partial charge in [0, 0.05) is 51.4 Å². The number of hydrogen-bond acceptors (Lipinski definition) is 3. The average molecular weight is 656 g/mol. The molecule has 0 saturated carbocycles. The van der Waals surface area contributed by atoms with Crippen LogP contribution in [0.2, 0.25) is 0 Å². The standard InChI is InChI=1S/C40H37F4NO3/c1-18-16-39(3,4)28-11-7-9-20-29(28)22(18)13-25-24(15-27-30(38(46)47)32(42)34(44)33(43)31(27)41)26-14-23-19(2)17-40(5,6)45-12-8-10-21(35(23)45)37(26)48-36(20)25/h13-14,16-17H,7-12,15H2,1-6H3,(H,46,47). The van der Waals surface area contributed by atoms with Crippen molar-refractivity contribution in [3.63, 3.8) is 0 Å². The van der Waals surface area contributed by atoms with Crippen molar-refractivity contribution in [2.45, 2.75) is 85.6 Å². The minimum absolute atomic E-state index is 0.163. The average Bonchev–Trinajstić information content (AvgIpc) is 3.03. The zero-order chi connectivity index (χ0) is 34.2. The number of ether oxygens (including phenoxy) is 1. The lowest BCUT2D eigenvalue weighted by Gasteiger charge is -2.47. The molecule has 4 nitrogen and oxygen atoms in total. The van der Waals surface area contributed by atoms with Gasteiger partial charge in [0.15, 0.2) is 23.3 Å². The van der Waals surface area contributed by atoms with Gasteiger partial charge in [-0.05, 0) is 99.4 Å². The molecule has 0 saturated heterocycles. The van der Waals surface area contributed by atoms with Crippen LogP contribution in [0.4, 0.5) is 23.2 Å². The van der Waals surface area contributed by atoms with Crippen molar-refractivity contribution in [3.8, 4) is 11.5 Å². The van der Waals surface area contributed by atoms with Crippen molar-refractivity contribution >= 4 is 33.9 Å². The number of benzene rings is 3. The minimum atomic E-state index is -2.14. The first-order valence-electron chi connectivity index (χ1n) is 16.7. The molecule has 3 aromatic rings. The summed E-state index contributed by atoms with van der Waals surface area (Å²) in [4.78, 5) is 14.7. The van der Waals surface area contributed by atoms with Gasteiger partial charge in [-0.25, -0.2) is 22.4 Å². The van der Waals surface area contributed by atoms with E-state index >= 15 is 8.78 Å². The van der Waals surface area contributed by atoms with Gasteiger partial charge in [-0.15, -0.1) is 0 Å². The normalized spacial score (nSPS) is 19.4. The lowest BCUT2D eigenvalue weighted by molar-refractivity contribution is 0.0688. The first-order valence-corrected chi connectivity index (χ1v) is 16.7. The summed E-state index contributed by atoms with van der Waals surface area (Å²) in [5.41, 5.74) is 7.35. The highest BCUT2D eigenvalue weighted by Gasteiger charge is 2.40. The van der Waals surface area contributed by atoms with Gasteiger partial charge in [0.2, 0.25) is 0 Å². The van der Waals surface area contributed by atoms with Gasteiger partial charge < -0.3 is 14.7 Å². The van der Waals surface area contributed by atoms with E-state index in [0.717, 1.165) is 83.0 Å². The molecule has 0 fully saturated rings. The monoisotopic (exact) mass is 655 g/mol. The smallest absolute Gasteiger partial charge is 0.339 e. The summed E-state index contributed by atoms with van der Waals surface area (Å²) in [5.74, 6) is -8.43. The number of fused-ring (bicyclic) bond motifs is 4. The molecule has 0 unspecified atom stereocenters. The van der Waals surface area contributed by atoms with Crippen molar-refractivity contribution in [1.82, 2.24) is 0 Å². The summed E-state index contributed by atoms with van der Waals surface area (Å²) in [6.45, 7) is 13.8. The van der Waals surface area contributed by atoms with Crippen LogP contribution in [0, 0.1) is 28.7 Å². The molecule has 3 heterocycles. The van der Waals surface area contributed by atoms with Crippen LogP contribution >= 0.6 is 0 Å². The maximum atomic E-state index is 15.7. The van der Waals surface area contributed by atoms with Crippen LogP contribution in [0.3, 0.4) is 0 Å². The Hall–Kier alpha value is -4.33. The number of halogens is 4. The van der Waals surface area contributed by atoms with Crippen LogP contribution in [-0.4, -0.2) is 23.2 Å². The number of carbonyl (C=O) groups is 1. The summed E-state index contributed by atoms with van der Waals surface area (Å²) in [5, 5.41) is 11.8. The lowest BCUT2D eigenvalue weighted by Crippen LogP contribution is -2.48. The SMILES string of the molecule is CC1=CC(C)(C)N2CCCc3c4c(cc1c32)C(Cc1c(F)c(F)c(F)c(F)c1C(=O)O)=c1cc2c3c(c1O4)CCCC=3C(C)(C)C=C2C. The fourth-order valence-electron chi connectivity index (χ4n) is 9.23. The maximum absolute atomic E-state index is 15.7. The Morgan fingerprint density at radius 3 is 2.25 bits per heavy atom. The number of nitrogens with zero attached hydrogens (tertiary/aromatic N) is 1. The molecule has 3 aromatic carbocycles. The van der Waals surface area contributed by atoms with Crippen molar-refractivity contribution in [2.24, 2.45) is 5.41 Å². The lowest BCUT2D eigenvalue weighted by atomic mass is 9.70. The van der Waals surface area contributed by atoms with E-state index in [1.54, 1.807) is 0 Å². The van der Waals surface area contributed by atoms with E-state index in [4.69, 9.17) is 4.74 Å². The number of carboxylic acids is 1. The quantitative estimate of drug-likeness (QED) is 0.175. The van der Waals surface area contributed by atoms with Gasteiger partial charge in [0.25, 0.3) is 0 Å². The van der Waals surface area contributed by atoms with E-state index in [2.05, 4.69) is 51.7 Å². The Balaban J connectivity index is 1.53. The third-order valence-electron chi connectivity index (χ3n) is 11.2. The summed E-state index contributed by atoms with van der Waals surface area (Å²) in [6.07, 6.45) is 8.20. The van der Waals surface area contributed by atoms with Gasteiger partial charge in [-0.2, -0.15) is 0 Å².